The molecule has 0 saturated carbocycles. The summed E-state index contributed by atoms with van der Waals surface area (Å²) >= 11 is 1.42. The highest BCUT2D eigenvalue weighted by Crippen LogP contribution is 2.32. The van der Waals surface area contributed by atoms with Gasteiger partial charge in [-0.2, -0.15) is 0 Å². The van der Waals surface area contributed by atoms with E-state index >= 15 is 0 Å². The molecule has 2 rings (SSSR count). The van der Waals surface area contributed by atoms with Crippen molar-refractivity contribution in [3.63, 3.8) is 0 Å². The molecule has 0 aliphatic heterocycles. The Bertz CT molecular complexity index is 628. The Balaban J connectivity index is 2.20. The maximum absolute atomic E-state index is 11.1. The zero-order valence-corrected chi connectivity index (χ0v) is 12.8. The molecule has 1 N–H and O–H groups in total. The predicted octanol–water partition coefficient (Wildman–Crippen LogP) is 4.01. The van der Waals surface area contributed by atoms with Gasteiger partial charge in [-0.1, -0.05) is 30.8 Å². The van der Waals surface area contributed by atoms with Gasteiger partial charge in [-0.05, 0) is 18.9 Å². The molecule has 0 bridgehead atoms. The number of anilines is 1. The lowest BCUT2D eigenvalue weighted by atomic mass is 10.1. The van der Waals surface area contributed by atoms with E-state index in [-0.39, 0.29) is 10.6 Å². The number of benzene rings is 1. The minimum Gasteiger partial charge on any atom is -0.440 e. The van der Waals surface area contributed by atoms with E-state index in [0.29, 0.717) is 23.2 Å². The van der Waals surface area contributed by atoms with Crippen LogP contribution in [0.25, 0.3) is 0 Å². The molecule has 0 amide bonds. The van der Waals surface area contributed by atoms with Crippen LogP contribution in [-0.4, -0.2) is 16.5 Å². The largest absolute Gasteiger partial charge is 0.440 e. The zero-order valence-electron chi connectivity index (χ0n) is 12.0. The van der Waals surface area contributed by atoms with Crippen molar-refractivity contribution in [2.45, 2.75) is 31.2 Å². The average Bonchev–Trinajstić information content (AvgIpc) is 2.88. The number of para-hydroxylation sites is 1. The van der Waals surface area contributed by atoms with Gasteiger partial charge in [-0.3, -0.25) is 10.1 Å². The molecule has 0 unspecified atom stereocenters. The normalized spacial score (nSPS) is 10.6. The smallest absolute Gasteiger partial charge is 0.292 e. The summed E-state index contributed by atoms with van der Waals surface area (Å²) in [5.74, 6) is 0.563. The van der Waals surface area contributed by atoms with E-state index in [0.717, 1.165) is 17.7 Å². The number of nitrogens with zero attached hydrogens (tertiary/aromatic N) is 2. The highest BCUT2D eigenvalue weighted by atomic mass is 32.2. The molecule has 7 heteroatoms. The van der Waals surface area contributed by atoms with Gasteiger partial charge in [0, 0.05) is 18.4 Å². The molecule has 0 aliphatic carbocycles. The molecule has 0 atom stereocenters. The topological polar surface area (TPSA) is 81.2 Å². The van der Waals surface area contributed by atoms with Crippen LogP contribution in [-0.2, 0) is 5.75 Å². The zero-order chi connectivity index (χ0) is 15.2. The second kappa shape index (κ2) is 7.12. The lowest BCUT2D eigenvalue weighted by Gasteiger charge is -2.11. The van der Waals surface area contributed by atoms with Crippen LogP contribution < -0.4 is 5.32 Å². The summed E-state index contributed by atoms with van der Waals surface area (Å²) in [5.41, 5.74) is 2.38. The van der Waals surface area contributed by atoms with Crippen LogP contribution in [0.3, 0.4) is 0 Å². The fraction of sp³-hybridized carbons (Fsp3) is 0.357. The van der Waals surface area contributed by atoms with Crippen molar-refractivity contribution in [2.24, 2.45) is 0 Å². The minimum atomic E-state index is -0.360. The molecule has 0 fully saturated rings. The summed E-state index contributed by atoms with van der Waals surface area (Å²) in [4.78, 5) is 15.0. The van der Waals surface area contributed by atoms with E-state index in [4.69, 9.17) is 4.42 Å². The summed E-state index contributed by atoms with van der Waals surface area (Å²) < 4.78 is 5.28. The number of oxazole rings is 1. The predicted molar refractivity (Wildman–Crippen MR) is 82.7 cm³/mol. The van der Waals surface area contributed by atoms with Gasteiger partial charge in [0.15, 0.2) is 0 Å². The molecule has 1 aromatic heterocycles. The average molecular weight is 307 g/mol. The number of hydrogen-bond donors (Lipinski definition) is 1. The fourth-order valence-corrected chi connectivity index (χ4v) is 2.70. The van der Waals surface area contributed by atoms with Crippen LogP contribution in [0.5, 0.6) is 0 Å². The van der Waals surface area contributed by atoms with E-state index in [9.17, 15) is 10.1 Å². The number of aromatic nitrogens is 1. The first-order valence-corrected chi connectivity index (χ1v) is 7.65. The standard InChI is InChI=1S/C14H17N3O3S/c1-3-7-15-13-11(5-4-6-12(13)17(18)19)9-21-14-16-10(2)8-20-14/h4-6,8,15H,3,7,9H2,1-2H3. The van der Waals surface area contributed by atoms with E-state index in [1.54, 1.807) is 12.3 Å². The van der Waals surface area contributed by atoms with Crippen molar-refractivity contribution < 1.29 is 9.34 Å². The summed E-state index contributed by atoms with van der Waals surface area (Å²) in [5, 5.41) is 14.9. The highest BCUT2D eigenvalue weighted by molar-refractivity contribution is 7.98. The number of aryl methyl sites for hydroxylation is 1. The van der Waals surface area contributed by atoms with Gasteiger partial charge < -0.3 is 9.73 Å². The fourth-order valence-electron chi connectivity index (χ4n) is 1.85. The van der Waals surface area contributed by atoms with E-state index in [1.165, 1.54) is 17.8 Å². The van der Waals surface area contributed by atoms with Crippen molar-refractivity contribution in [3.8, 4) is 0 Å². The quantitative estimate of drug-likeness (QED) is 0.473. The first-order valence-electron chi connectivity index (χ1n) is 6.67. The molecule has 0 aliphatic rings. The summed E-state index contributed by atoms with van der Waals surface area (Å²) in [6.45, 7) is 4.57. The van der Waals surface area contributed by atoms with Gasteiger partial charge in [0.1, 0.15) is 12.0 Å². The van der Waals surface area contributed by atoms with Crippen molar-refractivity contribution in [1.82, 2.24) is 4.98 Å². The van der Waals surface area contributed by atoms with Crippen LogP contribution in [0.15, 0.2) is 34.1 Å². The maximum Gasteiger partial charge on any atom is 0.292 e. The van der Waals surface area contributed by atoms with E-state index in [2.05, 4.69) is 10.3 Å². The molecule has 1 heterocycles. The number of rotatable bonds is 7. The van der Waals surface area contributed by atoms with Gasteiger partial charge in [-0.25, -0.2) is 4.98 Å². The summed E-state index contributed by atoms with van der Waals surface area (Å²) in [6, 6.07) is 5.10. The molecule has 0 saturated heterocycles. The molecule has 21 heavy (non-hydrogen) atoms. The third-order valence-electron chi connectivity index (χ3n) is 2.83. The lowest BCUT2D eigenvalue weighted by molar-refractivity contribution is -0.384. The lowest BCUT2D eigenvalue weighted by Crippen LogP contribution is -2.06. The second-order valence-electron chi connectivity index (χ2n) is 4.54. The highest BCUT2D eigenvalue weighted by Gasteiger charge is 2.17. The molecule has 6 nitrogen and oxygen atoms in total. The maximum atomic E-state index is 11.1. The van der Waals surface area contributed by atoms with E-state index in [1.807, 2.05) is 19.9 Å². The Morgan fingerprint density at radius 2 is 2.29 bits per heavy atom. The molecule has 0 radical (unpaired) electrons. The summed E-state index contributed by atoms with van der Waals surface area (Å²) in [6.07, 6.45) is 2.49. The van der Waals surface area contributed by atoms with Gasteiger partial charge in [0.2, 0.25) is 0 Å². The molecule has 0 spiro atoms. The van der Waals surface area contributed by atoms with Crippen molar-refractivity contribution in [1.29, 1.82) is 0 Å². The Hall–Kier alpha value is -2.02. The van der Waals surface area contributed by atoms with Crippen molar-refractivity contribution in [2.75, 3.05) is 11.9 Å². The van der Waals surface area contributed by atoms with Gasteiger partial charge >= 0.3 is 0 Å². The van der Waals surface area contributed by atoms with E-state index < -0.39 is 0 Å². The number of nitro groups is 1. The van der Waals surface area contributed by atoms with Crippen molar-refractivity contribution >= 4 is 23.1 Å². The molecular formula is C14H17N3O3S. The third kappa shape index (κ3) is 3.98. The molecule has 1 aromatic carbocycles. The van der Waals surface area contributed by atoms with Crippen LogP contribution >= 0.6 is 11.8 Å². The second-order valence-corrected chi connectivity index (χ2v) is 5.47. The Morgan fingerprint density at radius 3 is 2.90 bits per heavy atom. The Morgan fingerprint density at radius 1 is 1.48 bits per heavy atom. The number of nitrogens with one attached hydrogen (secondary N) is 1. The molecule has 112 valence electrons. The number of thioether (sulfide) groups is 1. The number of hydrogen-bond acceptors (Lipinski definition) is 6. The minimum absolute atomic E-state index is 0.102. The Labute approximate surface area is 127 Å². The van der Waals surface area contributed by atoms with Gasteiger partial charge in [0.25, 0.3) is 10.9 Å². The number of nitro benzene ring substituents is 1. The van der Waals surface area contributed by atoms with Crippen molar-refractivity contribution in [3.05, 3.63) is 45.8 Å². The van der Waals surface area contributed by atoms with Gasteiger partial charge in [0.05, 0.1) is 10.6 Å². The van der Waals surface area contributed by atoms with Gasteiger partial charge in [-0.15, -0.1) is 0 Å². The van der Waals surface area contributed by atoms with Crippen LogP contribution in [0, 0.1) is 17.0 Å². The first kappa shape index (κ1) is 15.4. The first-order chi connectivity index (χ1) is 10.1. The summed E-state index contributed by atoms with van der Waals surface area (Å²) in [7, 11) is 0. The van der Waals surface area contributed by atoms with Crippen LogP contribution in [0.2, 0.25) is 0 Å². The Kier molecular flexibility index (Phi) is 5.21. The molecular weight excluding hydrogens is 290 g/mol. The van der Waals surface area contributed by atoms with Crippen LogP contribution in [0.1, 0.15) is 24.6 Å². The van der Waals surface area contributed by atoms with Crippen LogP contribution in [0.4, 0.5) is 11.4 Å². The molecule has 2 aromatic rings. The third-order valence-corrected chi connectivity index (χ3v) is 3.72. The SMILES string of the molecule is CCCNc1c(CSc2nc(C)co2)cccc1[N+](=O)[O-]. The monoisotopic (exact) mass is 307 g/mol.